The topological polar surface area (TPSA) is 110 Å². The third kappa shape index (κ3) is 6.53. The zero-order chi connectivity index (χ0) is 23.2. The Balaban J connectivity index is 2.09. The van der Waals surface area contributed by atoms with Crippen molar-refractivity contribution in [3.8, 4) is 0 Å². The summed E-state index contributed by atoms with van der Waals surface area (Å²) in [5.41, 5.74) is -1.09. The number of benzene rings is 2. The summed E-state index contributed by atoms with van der Waals surface area (Å²) >= 11 is 0. The Morgan fingerprint density at radius 3 is 2.16 bits per heavy atom. The van der Waals surface area contributed by atoms with Crippen LogP contribution in [0.4, 0.5) is 13.2 Å². The molecule has 168 valence electrons. The molecule has 0 saturated carbocycles. The van der Waals surface area contributed by atoms with Crippen LogP contribution < -0.4 is 5.32 Å². The molecule has 0 saturated heterocycles. The van der Waals surface area contributed by atoms with Crippen LogP contribution in [0.25, 0.3) is 0 Å². The van der Waals surface area contributed by atoms with Crippen LogP contribution in [0.1, 0.15) is 23.7 Å². The maximum Gasteiger partial charge on any atom is 0.416 e. The molecule has 0 unspecified atom stereocenters. The lowest BCUT2D eigenvalue weighted by molar-refractivity contribution is -0.146. The number of aliphatic hydroxyl groups is 1. The van der Waals surface area contributed by atoms with Gasteiger partial charge in [0.1, 0.15) is 6.04 Å². The molecule has 0 aromatic heterocycles. The lowest BCUT2D eigenvalue weighted by Crippen LogP contribution is -2.44. The SMILES string of the molecule is COC(=O)[C@H](CCS(=O)(=O)c1ccccc1)NC(=O)[C@@H](O)c1ccc(C(F)(F)F)cc1. The van der Waals surface area contributed by atoms with E-state index in [1.54, 1.807) is 6.07 Å². The number of alkyl halides is 3. The molecular weight excluding hydrogens is 439 g/mol. The van der Waals surface area contributed by atoms with Crippen molar-refractivity contribution >= 4 is 21.7 Å². The Kier molecular flexibility index (Phi) is 7.80. The van der Waals surface area contributed by atoms with Crippen molar-refractivity contribution in [2.24, 2.45) is 0 Å². The number of hydrogen-bond donors (Lipinski definition) is 2. The van der Waals surface area contributed by atoms with Gasteiger partial charge in [-0.25, -0.2) is 13.2 Å². The van der Waals surface area contributed by atoms with Gasteiger partial charge in [0.25, 0.3) is 5.91 Å². The Morgan fingerprint density at radius 2 is 1.65 bits per heavy atom. The third-order valence-corrected chi connectivity index (χ3v) is 6.15. The lowest BCUT2D eigenvalue weighted by Gasteiger charge is -2.19. The van der Waals surface area contributed by atoms with Crippen molar-refractivity contribution < 1.29 is 41.0 Å². The summed E-state index contributed by atoms with van der Waals surface area (Å²) in [6.07, 6.45) is -6.79. The van der Waals surface area contributed by atoms with Gasteiger partial charge in [-0.05, 0) is 36.2 Å². The van der Waals surface area contributed by atoms with E-state index < -0.39 is 51.4 Å². The first-order valence-corrected chi connectivity index (χ1v) is 10.6. The smallest absolute Gasteiger partial charge is 0.416 e. The van der Waals surface area contributed by atoms with Crippen LogP contribution >= 0.6 is 0 Å². The number of methoxy groups -OCH3 is 1. The number of halogens is 3. The molecule has 1 amide bonds. The summed E-state index contributed by atoms with van der Waals surface area (Å²) in [4.78, 5) is 24.3. The number of nitrogens with one attached hydrogen (secondary N) is 1. The van der Waals surface area contributed by atoms with Gasteiger partial charge < -0.3 is 15.2 Å². The van der Waals surface area contributed by atoms with E-state index in [4.69, 9.17) is 0 Å². The van der Waals surface area contributed by atoms with Crippen LogP contribution in [0.15, 0.2) is 59.5 Å². The highest BCUT2D eigenvalue weighted by Crippen LogP contribution is 2.30. The Bertz CT molecular complexity index is 1010. The van der Waals surface area contributed by atoms with Crippen molar-refractivity contribution in [3.63, 3.8) is 0 Å². The highest BCUT2D eigenvalue weighted by molar-refractivity contribution is 7.91. The first-order chi connectivity index (χ1) is 14.5. The third-order valence-electron chi connectivity index (χ3n) is 4.38. The number of esters is 1. The molecular formula is C20H20F3NO6S. The second-order valence-electron chi connectivity index (χ2n) is 6.53. The van der Waals surface area contributed by atoms with Crippen LogP contribution in [-0.4, -0.2) is 44.3 Å². The molecule has 31 heavy (non-hydrogen) atoms. The van der Waals surface area contributed by atoms with E-state index in [-0.39, 0.29) is 16.9 Å². The molecule has 7 nitrogen and oxygen atoms in total. The van der Waals surface area contributed by atoms with Gasteiger partial charge in [0.2, 0.25) is 0 Å². The monoisotopic (exact) mass is 459 g/mol. The molecule has 2 aromatic rings. The number of amides is 1. The molecule has 0 aliphatic carbocycles. The first kappa shape index (κ1) is 24.4. The minimum atomic E-state index is -4.58. The average Bonchev–Trinajstić information content (AvgIpc) is 2.75. The van der Waals surface area contributed by atoms with Crippen LogP contribution in [-0.2, 0) is 30.3 Å². The van der Waals surface area contributed by atoms with Crippen LogP contribution in [0, 0.1) is 0 Å². The van der Waals surface area contributed by atoms with E-state index in [1.165, 1.54) is 24.3 Å². The Morgan fingerprint density at radius 1 is 1.06 bits per heavy atom. The highest BCUT2D eigenvalue weighted by atomic mass is 32.2. The molecule has 2 atom stereocenters. The van der Waals surface area contributed by atoms with Crippen LogP contribution in [0.3, 0.4) is 0 Å². The van der Waals surface area contributed by atoms with E-state index in [0.29, 0.717) is 12.1 Å². The van der Waals surface area contributed by atoms with Gasteiger partial charge in [-0.1, -0.05) is 30.3 Å². The minimum absolute atomic E-state index is 0.0368. The van der Waals surface area contributed by atoms with Crippen LogP contribution in [0.5, 0.6) is 0 Å². The van der Waals surface area contributed by atoms with Gasteiger partial charge in [-0.2, -0.15) is 13.2 Å². The molecule has 0 bridgehead atoms. The number of carbonyl (C=O) groups is 2. The van der Waals surface area contributed by atoms with Gasteiger partial charge in [0.15, 0.2) is 15.9 Å². The number of aliphatic hydroxyl groups excluding tert-OH is 1. The summed E-state index contributed by atoms with van der Waals surface area (Å²) in [5.74, 6) is -2.52. The molecule has 11 heteroatoms. The summed E-state index contributed by atoms with van der Waals surface area (Å²) in [6, 6.07) is 9.36. The van der Waals surface area contributed by atoms with E-state index in [1.807, 2.05) is 0 Å². The van der Waals surface area contributed by atoms with Crippen molar-refractivity contribution in [1.29, 1.82) is 0 Å². The molecule has 0 aliphatic heterocycles. The predicted molar refractivity (Wildman–Crippen MR) is 103 cm³/mol. The summed E-state index contributed by atoms with van der Waals surface area (Å²) in [6.45, 7) is 0. The second kappa shape index (κ2) is 9.92. The zero-order valence-corrected chi connectivity index (χ0v) is 17.1. The fourth-order valence-electron chi connectivity index (χ4n) is 2.67. The van der Waals surface area contributed by atoms with Crippen molar-refractivity contribution in [3.05, 3.63) is 65.7 Å². The van der Waals surface area contributed by atoms with E-state index >= 15 is 0 Å². The van der Waals surface area contributed by atoms with Crippen molar-refractivity contribution in [2.45, 2.75) is 29.6 Å². The molecule has 0 aliphatic rings. The molecule has 0 fully saturated rings. The van der Waals surface area contributed by atoms with Gasteiger partial charge >= 0.3 is 12.1 Å². The van der Waals surface area contributed by atoms with Gasteiger partial charge in [0, 0.05) is 0 Å². The fourth-order valence-corrected chi connectivity index (χ4v) is 4.02. The van der Waals surface area contributed by atoms with Crippen molar-refractivity contribution in [1.82, 2.24) is 5.32 Å². The molecule has 2 rings (SSSR count). The molecule has 0 spiro atoms. The number of hydrogen-bond acceptors (Lipinski definition) is 6. The first-order valence-electron chi connectivity index (χ1n) is 8.97. The van der Waals surface area contributed by atoms with E-state index in [2.05, 4.69) is 10.1 Å². The van der Waals surface area contributed by atoms with Gasteiger partial charge in [-0.15, -0.1) is 0 Å². The minimum Gasteiger partial charge on any atom is -0.467 e. The highest BCUT2D eigenvalue weighted by Gasteiger charge is 2.31. The number of sulfone groups is 1. The standard InChI is InChI=1S/C20H20F3NO6S/c1-30-19(27)16(11-12-31(28,29)15-5-3-2-4-6-15)24-18(26)17(25)13-7-9-14(10-8-13)20(21,22)23/h2-10,16-17,25H,11-12H2,1H3,(H,24,26)/t16-,17-/m0/s1. The lowest BCUT2D eigenvalue weighted by atomic mass is 10.1. The van der Waals surface area contributed by atoms with E-state index in [9.17, 15) is 36.3 Å². The molecule has 2 N–H and O–H groups in total. The second-order valence-corrected chi connectivity index (χ2v) is 8.64. The maximum atomic E-state index is 12.6. The summed E-state index contributed by atoms with van der Waals surface area (Å²) < 4.78 is 67.3. The van der Waals surface area contributed by atoms with Crippen LogP contribution in [0.2, 0.25) is 0 Å². The van der Waals surface area contributed by atoms with Gasteiger partial charge in [0.05, 0.1) is 23.3 Å². The largest absolute Gasteiger partial charge is 0.467 e. The summed E-state index contributed by atoms with van der Waals surface area (Å²) in [7, 11) is -2.71. The molecule has 0 radical (unpaired) electrons. The zero-order valence-electron chi connectivity index (χ0n) is 16.3. The predicted octanol–water partition coefficient (Wildman–Crippen LogP) is 2.26. The quantitative estimate of drug-likeness (QED) is 0.586. The number of rotatable bonds is 8. The van der Waals surface area contributed by atoms with Gasteiger partial charge in [-0.3, -0.25) is 4.79 Å². The van der Waals surface area contributed by atoms with E-state index in [0.717, 1.165) is 19.2 Å². The van der Waals surface area contributed by atoms with Crippen molar-refractivity contribution in [2.75, 3.05) is 12.9 Å². The Hall–Kier alpha value is -2.92. The number of ether oxygens (including phenoxy) is 1. The molecule has 0 heterocycles. The Labute approximate surface area is 176 Å². The average molecular weight is 459 g/mol. The molecule has 2 aromatic carbocycles. The fraction of sp³-hybridized carbons (Fsp3) is 0.300. The number of carbonyl (C=O) groups excluding carboxylic acids is 2. The maximum absolute atomic E-state index is 12.6. The normalized spacial score (nSPS) is 13.8. The summed E-state index contributed by atoms with van der Waals surface area (Å²) in [5, 5.41) is 12.3.